The van der Waals surface area contributed by atoms with Crippen molar-refractivity contribution in [3.63, 3.8) is 0 Å². The van der Waals surface area contributed by atoms with Crippen molar-refractivity contribution >= 4 is 0 Å². The van der Waals surface area contributed by atoms with Gasteiger partial charge in [-0.3, -0.25) is 0 Å². The smallest absolute Gasteiger partial charge is 0.165 e. The molecule has 2 aromatic carbocycles. The first kappa shape index (κ1) is 15.3. The second-order valence-corrected chi connectivity index (χ2v) is 4.52. The highest BCUT2D eigenvalue weighted by Crippen LogP contribution is 2.24. The number of rotatable bonds is 6. The Balaban J connectivity index is 2.14. The maximum atomic E-state index is 13.8. The van der Waals surface area contributed by atoms with Gasteiger partial charge in [0.15, 0.2) is 23.1 Å². The van der Waals surface area contributed by atoms with Crippen LogP contribution < -0.4 is 14.8 Å². The average Bonchev–Trinajstić information content (AvgIpc) is 2.47. The predicted octanol–water partition coefficient (Wildman–Crippen LogP) is 3.27. The number of benzene rings is 2. The minimum absolute atomic E-state index is 0.0819. The summed E-state index contributed by atoms with van der Waals surface area (Å²) in [6.45, 7) is 0.572. The molecule has 0 aromatic heterocycles. The molecule has 0 fully saturated rings. The lowest BCUT2D eigenvalue weighted by atomic mass is 10.2. The quantitative estimate of drug-likeness (QED) is 0.886. The first-order valence-electron chi connectivity index (χ1n) is 6.53. The maximum absolute atomic E-state index is 13.8. The molecule has 1 N–H and O–H groups in total. The molecule has 0 saturated heterocycles. The average molecular weight is 293 g/mol. The van der Waals surface area contributed by atoms with E-state index in [1.54, 1.807) is 25.2 Å². The standard InChI is InChI=1S/C16H17F2NO2/c1-19-9-12-4-3-5-13(17)16(12)21-10-11-6-7-15(20-2)14(18)8-11/h3-8,19H,9-10H2,1-2H3. The van der Waals surface area contributed by atoms with E-state index in [1.165, 1.54) is 25.3 Å². The first-order chi connectivity index (χ1) is 10.2. The van der Waals surface area contributed by atoms with Gasteiger partial charge in [-0.2, -0.15) is 0 Å². The zero-order valence-electron chi connectivity index (χ0n) is 12.0. The third-order valence-corrected chi connectivity index (χ3v) is 3.02. The van der Waals surface area contributed by atoms with Crippen molar-refractivity contribution in [3.8, 4) is 11.5 Å². The van der Waals surface area contributed by atoms with Crippen LogP contribution in [0.4, 0.5) is 8.78 Å². The number of hydrogen-bond donors (Lipinski definition) is 1. The van der Waals surface area contributed by atoms with Crippen molar-refractivity contribution in [2.75, 3.05) is 14.2 Å². The topological polar surface area (TPSA) is 30.5 Å². The zero-order valence-corrected chi connectivity index (χ0v) is 12.0. The van der Waals surface area contributed by atoms with Crippen LogP contribution in [0.1, 0.15) is 11.1 Å². The normalized spacial score (nSPS) is 10.5. The number of nitrogens with one attached hydrogen (secondary N) is 1. The molecule has 2 aromatic rings. The molecule has 0 heterocycles. The van der Waals surface area contributed by atoms with Crippen LogP contribution in [-0.4, -0.2) is 14.2 Å². The highest BCUT2D eigenvalue weighted by molar-refractivity contribution is 5.35. The summed E-state index contributed by atoms with van der Waals surface area (Å²) in [6.07, 6.45) is 0. The van der Waals surface area contributed by atoms with Crippen LogP contribution >= 0.6 is 0 Å². The van der Waals surface area contributed by atoms with Gasteiger partial charge < -0.3 is 14.8 Å². The Morgan fingerprint density at radius 3 is 2.57 bits per heavy atom. The molecular formula is C16H17F2NO2. The molecule has 0 spiro atoms. The molecule has 0 radical (unpaired) electrons. The van der Waals surface area contributed by atoms with Crippen LogP contribution in [0, 0.1) is 11.6 Å². The van der Waals surface area contributed by atoms with Crippen molar-refractivity contribution in [1.29, 1.82) is 0 Å². The van der Waals surface area contributed by atoms with Crippen molar-refractivity contribution in [2.24, 2.45) is 0 Å². The Labute approximate surface area is 122 Å². The van der Waals surface area contributed by atoms with E-state index in [1.807, 2.05) is 0 Å². The molecule has 3 nitrogen and oxygen atoms in total. The summed E-state index contributed by atoms with van der Waals surface area (Å²) in [5.74, 6) is -0.553. The van der Waals surface area contributed by atoms with Crippen LogP contribution in [0.5, 0.6) is 11.5 Å². The molecule has 21 heavy (non-hydrogen) atoms. The Bertz CT molecular complexity index is 617. The third kappa shape index (κ3) is 3.70. The van der Waals surface area contributed by atoms with E-state index in [0.29, 0.717) is 17.7 Å². The summed E-state index contributed by atoms with van der Waals surface area (Å²) < 4.78 is 37.8. The largest absolute Gasteiger partial charge is 0.494 e. The van der Waals surface area contributed by atoms with Gasteiger partial charge >= 0.3 is 0 Å². The molecule has 0 saturated carbocycles. The molecule has 0 amide bonds. The van der Waals surface area contributed by atoms with E-state index >= 15 is 0 Å². The summed E-state index contributed by atoms with van der Waals surface area (Å²) in [7, 11) is 3.17. The summed E-state index contributed by atoms with van der Waals surface area (Å²) in [5, 5.41) is 2.95. The number of halogens is 2. The van der Waals surface area contributed by atoms with Crippen LogP contribution in [0.3, 0.4) is 0 Å². The number of methoxy groups -OCH3 is 1. The number of hydrogen-bond acceptors (Lipinski definition) is 3. The fourth-order valence-electron chi connectivity index (χ4n) is 2.00. The Morgan fingerprint density at radius 2 is 1.90 bits per heavy atom. The van der Waals surface area contributed by atoms with Crippen molar-refractivity contribution in [1.82, 2.24) is 5.32 Å². The van der Waals surface area contributed by atoms with Crippen molar-refractivity contribution < 1.29 is 18.3 Å². The van der Waals surface area contributed by atoms with E-state index in [4.69, 9.17) is 9.47 Å². The summed E-state index contributed by atoms with van der Waals surface area (Å²) in [5.41, 5.74) is 1.32. The third-order valence-electron chi connectivity index (χ3n) is 3.02. The fourth-order valence-corrected chi connectivity index (χ4v) is 2.00. The summed E-state index contributed by atoms with van der Waals surface area (Å²) in [4.78, 5) is 0. The maximum Gasteiger partial charge on any atom is 0.165 e. The van der Waals surface area contributed by atoms with Crippen LogP contribution in [0.25, 0.3) is 0 Å². The lowest BCUT2D eigenvalue weighted by Gasteiger charge is -2.12. The zero-order chi connectivity index (χ0) is 15.2. The molecule has 0 bridgehead atoms. The lowest BCUT2D eigenvalue weighted by Crippen LogP contribution is -2.08. The monoisotopic (exact) mass is 293 g/mol. The van der Waals surface area contributed by atoms with Gasteiger partial charge in [0.1, 0.15) is 6.61 Å². The predicted molar refractivity (Wildman–Crippen MR) is 76.4 cm³/mol. The highest BCUT2D eigenvalue weighted by atomic mass is 19.1. The number of para-hydroxylation sites is 1. The second kappa shape index (κ2) is 7.04. The van der Waals surface area contributed by atoms with Gasteiger partial charge in [-0.25, -0.2) is 8.78 Å². The van der Waals surface area contributed by atoms with Gasteiger partial charge in [-0.05, 0) is 30.8 Å². The van der Waals surface area contributed by atoms with E-state index < -0.39 is 11.6 Å². The van der Waals surface area contributed by atoms with Gasteiger partial charge in [-0.1, -0.05) is 18.2 Å². The van der Waals surface area contributed by atoms with Crippen LogP contribution in [0.15, 0.2) is 36.4 Å². The minimum Gasteiger partial charge on any atom is -0.494 e. The molecular weight excluding hydrogens is 276 g/mol. The van der Waals surface area contributed by atoms with E-state index in [0.717, 1.165) is 0 Å². The Morgan fingerprint density at radius 1 is 1.10 bits per heavy atom. The SMILES string of the molecule is CNCc1cccc(F)c1OCc1ccc(OC)c(F)c1. The number of ether oxygens (including phenoxy) is 2. The van der Waals surface area contributed by atoms with Crippen molar-refractivity contribution in [2.45, 2.75) is 13.2 Å². The van der Waals surface area contributed by atoms with E-state index in [-0.39, 0.29) is 18.1 Å². The molecule has 0 aliphatic heterocycles. The molecule has 0 unspecified atom stereocenters. The van der Waals surface area contributed by atoms with Crippen LogP contribution in [0.2, 0.25) is 0 Å². The molecule has 0 aliphatic carbocycles. The van der Waals surface area contributed by atoms with E-state index in [2.05, 4.69) is 5.32 Å². The molecule has 2 rings (SSSR count). The first-order valence-corrected chi connectivity index (χ1v) is 6.53. The summed E-state index contributed by atoms with van der Waals surface area (Å²) >= 11 is 0. The van der Waals surface area contributed by atoms with Gasteiger partial charge in [0.05, 0.1) is 7.11 Å². The van der Waals surface area contributed by atoms with Gasteiger partial charge in [0.2, 0.25) is 0 Å². The fraction of sp³-hybridized carbons (Fsp3) is 0.250. The lowest BCUT2D eigenvalue weighted by molar-refractivity contribution is 0.285. The summed E-state index contributed by atoms with van der Waals surface area (Å²) in [6, 6.07) is 9.26. The molecule has 5 heteroatoms. The highest BCUT2D eigenvalue weighted by Gasteiger charge is 2.10. The van der Waals surface area contributed by atoms with E-state index in [9.17, 15) is 8.78 Å². The van der Waals surface area contributed by atoms with Gasteiger partial charge in [-0.15, -0.1) is 0 Å². The van der Waals surface area contributed by atoms with Gasteiger partial charge in [0, 0.05) is 12.1 Å². The Kier molecular flexibility index (Phi) is 5.11. The molecule has 0 atom stereocenters. The Hall–Kier alpha value is -2.14. The molecule has 112 valence electrons. The second-order valence-electron chi connectivity index (χ2n) is 4.52. The molecule has 0 aliphatic rings. The van der Waals surface area contributed by atoms with Crippen LogP contribution in [-0.2, 0) is 13.2 Å². The van der Waals surface area contributed by atoms with Gasteiger partial charge in [0.25, 0.3) is 0 Å². The van der Waals surface area contributed by atoms with Crippen molar-refractivity contribution in [3.05, 3.63) is 59.2 Å². The minimum atomic E-state index is -0.470.